The molecule has 1 aromatic rings. The highest BCUT2D eigenvalue weighted by molar-refractivity contribution is 5.87. The third kappa shape index (κ3) is 2.87. The van der Waals surface area contributed by atoms with Gasteiger partial charge in [-0.3, -0.25) is 14.3 Å². The van der Waals surface area contributed by atoms with Gasteiger partial charge < -0.3 is 9.80 Å². The van der Waals surface area contributed by atoms with Crippen molar-refractivity contribution in [1.29, 1.82) is 0 Å². The van der Waals surface area contributed by atoms with E-state index in [4.69, 9.17) is 0 Å². The molecule has 1 unspecified atom stereocenters. The predicted octanol–water partition coefficient (Wildman–Crippen LogP) is 1.34. The molecule has 6 heteroatoms. The Hall–Kier alpha value is -1.85. The minimum atomic E-state index is -0.799. The molecule has 1 fully saturated rings. The molecule has 1 aliphatic rings. The van der Waals surface area contributed by atoms with Gasteiger partial charge in [-0.1, -0.05) is 20.8 Å². The van der Waals surface area contributed by atoms with Gasteiger partial charge in [0.15, 0.2) is 5.54 Å². The number of hydrogen-bond donors (Lipinski definition) is 0. The van der Waals surface area contributed by atoms with Gasteiger partial charge >= 0.3 is 0 Å². The molecule has 6 nitrogen and oxygen atoms in total. The zero-order valence-electron chi connectivity index (χ0n) is 14.2. The average molecular weight is 306 g/mol. The molecule has 2 heterocycles. The van der Waals surface area contributed by atoms with Gasteiger partial charge in [0, 0.05) is 38.4 Å². The van der Waals surface area contributed by atoms with Gasteiger partial charge in [-0.15, -0.1) is 0 Å². The van der Waals surface area contributed by atoms with Crippen molar-refractivity contribution in [3.05, 3.63) is 18.5 Å². The van der Waals surface area contributed by atoms with Gasteiger partial charge in [-0.2, -0.15) is 5.10 Å². The van der Waals surface area contributed by atoms with Crippen LogP contribution in [0, 0.1) is 5.41 Å². The molecular formula is C16H26N4O2. The Morgan fingerprint density at radius 1 is 1.27 bits per heavy atom. The average Bonchev–Trinajstić information content (AvgIpc) is 2.99. The van der Waals surface area contributed by atoms with Crippen LogP contribution in [0.5, 0.6) is 0 Å². The van der Waals surface area contributed by atoms with Gasteiger partial charge in [-0.05, 0) is 18.9 Å². The van der Waals surface area contributed by atoms with Crippen LogP contribution in [0.3, 0.4) is 0 Å². The fourth-order valence-electron chi connectivity index (χ4n) is 3.08. The minimum absolute atomic E-state index is 0.0115. The summed E-state index contributed by atoms with van der Waals surface area (Å²) in [5.74, 6) is 0.0675. The molecule has 0 saturated carbocycles. The maximum absolute atomic E-state index is 12.9. The molecule has 0 aromatic carbocycles. The number of piperidine rings is 1. The molecule has 122 valence electrons. The van der Waals surface area contributed by atoms with Gasteiger partial charge in [0.05, 0.1) is 6.54 Å². The molecule has 0 N–H and O–H groups in total. The summed E-state index contributed by atoms with van der Waals surface area (Å²) < 4.78 is 1.72. The zero-order chi connectivity index (χ0) is 16.5. The van der Waals surface area contributed by atoms with Crippen molar-refractivity contribution in [3.8, 4) is 0 Å². The van der Waals surface area contributed by atoms with Gasteiger partial charge in [0.2, 0.25) is 5.91 Å². The van der Waals surface area contributed by atoms with Crippen LogP contribution in [0.1, 0.15) is 33.6 Å². The molecule has 2 rings (SSSR count). The molecule has 0 spiro atoms. The number of hydrogen-bond acceptors (Lipinski definition) is 3. The van der Waals surface area contributed by atoms with Crippen LogP contribution in [-0.4, -0.2) is 58.6 Å². The highest BCUT2D eigenvalue weighted by atomic mass is 16.2. The fourth-order valence-corrected chi connectivity index (χ4v) is 3.08. The van der Waals surface area contributed by atoms with Gasteiger partial charge in [-0.25, -0.2) is 0 Å². The molecule has 1 atom stereocenters. The molecule has 1 aromatic heterocycles. The Morgan fingerprint density at radius 2 is 1.95 bits per heavy atom. The molecule has 0 radical (unpaired) electrons. The van der Waals surface area contributed by atoms with E-state index in [-0.39, 0.29) is 11.8 Å². The summed E-state index contributed by atoms with van der Waals surface area (Å²) in [4.78, 5) is 28.9. The van der Waals surface area contributed by atoms with Crippen molar-refractivity contribution in [1.82, 2.24) is 19.6 Å². The summed E-state index contributed by atoms with van der Waals surface area (Å²) in [7, 11) is 3.50. The van der Waals surface area contributed by atoms with Crippen molar-refractivity contribution in [3.63, 3.8) is 0 Å². The highest BCUT2D eigenvalue weighted by Gasteiger charge is 2.47. The van der Waals surface area contributed by atoms with E-state index in [1.807, 2.05) is 37.9 Å². The Balaban J connectivity index is 2.38. The SMILES string of the molecule is CN(C)C(=O)C1(n2cccn2)CCCN(C(=O)C(C)(C)C)C1. The lowest BCUT2D eigenvalue weighted by molar-refractivity contribution is -0.150. The number of rotatable bonds is 2. The highest BCUT2D eigenvalue weighted by Crippen LogP contribution is 2.32. The number of likely N-dealkylation sites (tertiary alicyclic amines) is 1. The Bertz CT molecular complexity index is 545. The Morgan fingerprint density at radius 3 is 2.45 bits per heavy atom. The van der Waals surface area contributed by atoms with E-state index in [0.717, 1.165) is 6.42 Å². The molecular weight excluding hydrogens is 280 g/mol. The first-order valence-corrected chi connectivity index (χ1v) is 7.70. The monoisotopic (exact) mass is 306 g/mol. The topological polar surface area (TPSA) is 58.4 Å². The second-order valence-corrected chi connectivity index (χ2v) is 7.26. The number of amides is 2. The van der Waals surface area contributed by atoms with E-state index >= 15 is 0 Å². The van der Waals surface area contributed by atoms with Crippen molar-refractivity contribution >= 4 is 11.8 Å². The molecule has 0 aliphatic carbocycles. The van der Waals surface area contributed by atoms with E-state index in [9.17, 15) is 9.59 Å². The Labute approximate surface area is 132 Å². The number of carbonyl (C=O) groups is 2. The molecule has 1 aliphatic heterocycles. The van der Waals surface area contributed by atoms with Crippen molar-refractivity contribution in [2.24, 2.45) is 5.41 Å². The van der Waals surface area contributed by atoms with Crippen LogP contribution in [0.15, 0.2) is 18.5 Å². The van der Waals surface area contributed by atoms with Crippen molar-refractivity contribution in [2.75, 3.05) is 27.2 Å². The summed E-state index contributed by atoms with van der Waals surface area (Å²) in [6, 6.07) is 1.81. The fraction of sp³-hybridized carbons (Fsp3) is 0.688. The first kappa shape index (κ1) is 16.5. The maximum Gasteiger partial charge on any atom is 0.251 e. The van der Waals surface area contributed by atoms with Crippen LogP contribution >= 0.6 is 0 Å². The van der Waals surface area contributed by atoms with E-state index in [0.29, 0.717) is 19.5 Å². The smallest absolute Gasteiger partial charge is 0.251 e. The number of aromatic nitrogens is 2. The van der Waals surface area contributed by atoms with E-state index in [1.165, 1.54) is 0 Å². The first-order chi connectivity index (χ1) is 10.2. The lowest BCUT2D eigenvalue weighted by atomic mass is 9.85. The second-order valence-electron chi connectivity index (χ2n) is 7.26. The number of nitrogens with zero attached hydrogens (tertiary/aromatic N) is 4. The second kappa shape index (κ2) is 5.74. The number of carbonyl (C=O) groups excluding carboxylic acids is 2. The zero-order valence-corrected chi connectivity index (χ0v) is 14.2. The molecule has 1 saturated heterocycles. The third-order valence-corrected chi connectivity index (χ3v) is 4.15. The lowest BCUT2D eigenvalue weighted by Crippen LogP contribution is -2.60. The summed E-state index contributed by atoms with van der Waals surface area (Å²) in [6.45, 7) is 6.80. The van der Waals surface area contributed by atoms with Gasteiger partial charge in [0.25, 0.3) is 5.91 Å². The molecule has 2 amide bonds. The summed E-state index contributed by atoms with van der Waals surface area (Å²) in [6.07, 6.45) is 4.97. The predicted molar refractivity (Wildman–Crippen MR) is 84.2 cm³/mol. The molecule has 0 bridgehead atoms. The molecule has 22 heavy (non-hydrogen) atoms. The quantitative estimate of drug-likeness (QED) is 0.828. The maximum atomic E-state index is 12.9. The summed E-state index contributed by atoms with van der Waals surface area (Å²) in [5, 5.41) is 4.30. The third-order valence-electron chi connectivity index (χ3n) is 4.15. The van der Waals surface area contributed by atoms with Crippen LogP contribution in [-0.2, 0) is 15.1 Å². The lowest BCUT2D eigenvalue weighted by Gasteiger charge is -2.44. The normalized spacial score (nSPS) is 22.5. The standard InChI is InChI=1S/C16H26N4O2/c1-15(2,3)13(21)19-10-6-8-16(12-19,14(22)18(4)5)20-11-7-9-17-20/h7,9,11H,6,8,10,12H2,1-5H3. The van der Waals surface area contributed by atoms with Crippen LogP contribution in [0.25, 0.3) is 0 Å². The van der Waals surface area contributed by atoms with Crippen molar-refractivity contribution < 1.29 is 9.59 Å². The van der Waals surface area contributed by atoms with E-state index in [2.05, 4.69) is 5.10 Å². The van der Waals surface area contributed by atoms with Crippen LogP contribution in [0.2, 0.25) is 0 Å². The van der Waals surface area contributed by atoms with Crippen LogP contribution < -0.4 is 0 Å². The van der Waals surface area contributed by atoms with E-state index < -0.39 is 11.0 Å². The first-order valence-electron chi connectivity index (χ1n) is 7.70. The summed E-state index contributed by atoms with van der Waals surface area (Å²) >= 11 is 0. The van der Waals surface area contributed by atoms with E-state index in [1.54, 1.807) is 29.9 Å². The van der Waals surface area contributed by atoms with Crippen LogP contribution in [0.4, 0.5) is 0 Å². The number of likely N-dealkylation sites (N-methyl/N-ethyl adjacent to an activating group) is 1. The largest absolute Gasteiger partial charge is 0.347 e. The Kier molecular flexibility index (Phi) is 4.31. The minimum Gasteiger partial charge on any atom is -0.347 e. The van der Waals surface area contributed by atoms with Crippen molar-refractivity contribution in [2.45, 2.75) is 39.2 Å². The summed E-state index contributed by atoms with van der Waals surface area (Å²) in [5.41, 5.74) is -1.25. The van der Waals surface area contributed by atoms with Gasteiger partial charge in [0.1, 0.15) is 0 Å².